The summed E-state index contributed by atoms with van der Waals surface area (Å²) in [6.07, 6.45) is 0.656. The van der Waals surface area contributed by atoms with Crippen LogP contribution in [0.4, 0.5) is 4.39 Å². The van der Waals surface area contributed by atoms with Gasteiger partial charge in [0.15, 0.2) is 0 Å². The Labute approximate surface area is 151 Å². The summed E-state index contributed by atoms with van der Waals surface area (Å²) in [5, 5.41) is 5.38. The fraction of sp³-hybridized carbons (Fsp3) is 0.300. The van der Waals surface area contributed by atoms with Gasteiger partial charge in [0, 0.05) is 12.0 Å². The Hall–Kier alpha value is -2.89. The van der Waals surface area contributed by atoms with Gasteiger partial charge in [-0.25, -0.2) is 4.39 Å². The molecule has 5 nitrogen and oxygen atoms in total. The molecule has 0 radical (unpaired) electrons. The summed E-state index contributed by atoms with van der Waals surface area (Å²) in [5.41, 5.74) is 3.00. The first-order valence-electron chi connectivity index (χ1n) is 8.51. The first-order valence-corrected chi connectivity index (χ1v) is 8.51. The normalized spacial score (nSPS) is 15.6. The number of halogens is 1. The highest BCUT2D eigenvalue weighted by molar-refractivity contribution is 5.96. The van der Waals surface area contributed by atoms with Crippen LogP contribution >= 0.6 is 0 Å². The van der Waals surface area contributed by atoms with E-state index in [1.54, 1.807) is 6.07 Å². The minimum Gasteiger partial charge on any atom is -0.493 e. The number of aryl methyl sites for hydroxylation is 2. The maximum atomic E-state index is 13.6. The van der Waals surface area contributed by atoms with Crippen molar-refractivity contribution in [3.8, 4) is 5.75 Å². The predicted octanol–water partition coefficient (Wildman–Crippen LogP) is 2.81. The highest BCUT2D eigenvalue weighted by atomic mass is 19.1. The molecule has 26 heavy (non-hydrogen) atoms. The third-order valence-electron chi connectivity index (χ3n) is 4.34. The van der Waals surface area contributed by atoms with Gasteiger partial charge in [-0.05, 0) is 31.5 Å². The van der Waals surface area contributed by atoms with Crippen molar-refractivity contribution in [2.24, 2.45) is 0 Å². The van der Waals surface area contributed by atoms with Crippen molar-refractivity contribution in [3.05, 3.63) is 64.5 Å². The smallest absolute Gasteiger partial charge is 0.254 e. The second-order valence-electron chi connectivity index (χ2n) is 6.42. The molecule has 0 saturated carbocycles. The molecule has 0 spiro atoms. The van der Waals surface area contributed by atoms with E-state index in [0.29, 0.717) is 13.0 Å². The van der Waals surface area contributed by atoms with Crippen LogP contribution in [0.25, 0.3) is 0 Å². The third kappa shape index (κ3) is 3.85. The van der Waals surface area contributed by atoms with Crippen LogP contribution in [0.15, 0.2) is 36.4 Å². The number of rotatable bonds is 4. The molecule has 0 fully saturated rings. The van der Waals surface area contributed by atoms with Crippen LogP contribution in [0.2, 0.25) is 0 Å². The summed E-state index contributed by atoms with van der Waals surface area (Å²) in [5.74, 6) is -0.749. The second kappa shape index (κ2) is 7.56. The minimum absolute atomic E-state index is 0.0806. The number of benzene rings is 2. The minimum atomic E-state index is -0.616. The van der Waals surface area contributed by atoms with Gasteiger partial charge in [0.25, 0.3) is 5.91 Å². The fourth-order valence-corrected chi connectivity index (χ4v) is 3.17. The summed E-state index contributed by atoms with van der Waals surface area (Å²) in [6.45, 7) is 4.27. The molecule has 1 aliphatic rings. The maximum Gasteiger partial charge on any atom is 0.254 e. The summed E-state index contributed by atoms with van der Waals surface area (Å²) >= 11 is 0. The molecule has 2 aromatic carbocycles. The molecule has 3 rings (SSSR count). The molecule has 1 heterocycles. The Morgan fingerprint density at radius 3 is 2.77 bits per heavy atom. The van der Waals surface area contributed by atoms with Gasteiger partial charge >= 0.3 is 0 Å². The molecule has 0 aliphatic carbocycles. The Balaban J connectivity index is 1.63. The van der Waals surface area contributed by atoms with Crippen LogP contribution in [-0.4, -0.2) is 25.0 Å². The van der Waals surface area contributed by atoms with E-state index < -0.39 is 11.7 Å². The number of carbonyl (C=O) groups is 2. The predicted molar refractivity (Wildman–Crippen MR) is 95.6 cm³/mol. The lowest BCUT2D eigenvalue weighted by molar-refractivity contribution is -0.121. The molecule has 0 aromatic heterocycles. The molecule has 2 N–H and O–H groups in total. The van der Waals surface area contributed by atoms with Crippen molar-refractivity contribution < 1.29 is 18.7 Å². The molecular formula is C20H21FN2O3. The molecule has 2 amide bonds. The van der Waals surface area contributed by atoms with Gasteiger partial charge in [-0.1, -0.05) is 29.8 Å². The van der Waals surface area contributed by atoms with E-state index in [2.05, 4.69) is 10.6 Å². The van der Waals surface area contributed by atoms with Gasteiger partial charge in [-0.3, -0.25) is 9.59 Å². The van der Waals surface area contributed by atoms with E-state index in [-0.39, 0.29) is 24.1 Å². The van der Waals surface area contributed by atoms with Crippen LogP contribution in [-0.2, 0) is 4.79 Å². The first kappa shape index (κ1) is 17.9. The summed E-state index contributed by atoms with van der Waals surface area (Å²) in [7, 11) is 0. The molecule has 1 atom stereocenters. The number of hydrogen-bond acceptors (Lipinski definition) is 3. The Morgan fingerprint density at radius 2 is 2.00 bits per heavy atom. The van der Waals surface area contributed by atoms with Crippen LogP contribution < -0.4 is 15.4 Å². The highest BCUT2D eigenvalue weighted by Crippen LogP contribution is 2.35. The average molecular weight is 356 g/mol. The number of fused-ring (bicyclic) bond motifs is 1. The second-order valence-corrected chi connectivity index (χ2v) is 6.42. The Kier molecular flexibility index (Phi) is 5.21. The van der Waals surface area contributed by atoms with E-state index in [9.17, 15) is 14.0 Å². The third-order valence-corrected chi connectivity index (χ3v) is 4.34. The lowest BCUT2D eigenvalue weighted by Gasteiger charge is -2.28. The Bertz CT molecular complexity index is 851. The molecular weight excluding hydrogens is 335 g/mol. The van der Waals surface area contributed by atoms with Gasteiger partial charge in [0.05, 0.1) is 24.8 Å². The number of ether oxygens (including phenoxy) is 1. The first-order chi connectivity index (χ1) is 12.5. The lowest BCUT2D eigenvalue weighted by atomic mass is 9.95. The van der Waals surface area contributed by atoms with Crippen LogP contribution in [0.5, 0.6) is 5.75 Å². The Morgan fingerprint density at radius 1 is 1.23 bits per heavy atom. The van der Waals surface area contributed by atoms with Crippen molar-refractivity contribution in [3.63, 3.8) is 0 Å². The van der Waals surface area contributed by atoms with Gasteiger partial charge < -0.3 is 15.4 Å². The summed E-state index contributed by atoms with van der Waals surface area (Å²) < 4.78 is 19.3. The van der Waals surface area contributed by atoms with Gasteiger partial charge in [0.2, 0.25) is 5.91 Å². The van der Waals surface area contributed by atoms with Crippen molar-refractivity contribution in [2.75, 3.05) is 13.2 Å². The highest BCUT2D eigenvalue weighted by Gasteiger charge is 2.25. The molecule has 6 heteroatoms. The molecule has 1 aliphatic heterocycles. The summed E-state index contributed by atoms with van der Waals surface area (Å²) in [6, 6.07) is 9.53. The maximum absolute atomic E-state index is 13.6. The van der Waals surface area contributed by atoms with Gasteiger partial charge in [0.1, 0.15) is 11.6 Å². The summed E-state index contributed by atoms with van der Waals surface area (Å²) in [4.78, 5) is 24.2. The number of carbonyl (C=O) groups excluding carboxylic acids is 2. The SMILES string of the molecule is Cc1cc(C)c2c(c1)C(NC(=O)CNC(=O)c1ccccc1F)CCO2. The van der Waals surface area contributed by atoms with Crippen molar-refractivity contribution in [1.82, 2.24) is 10.6 Å². The van der Waals surface area contributed by atoms with E-state index in [1.165, 1.54) is 18.2 Å². The van der Waals surface area contributed by atoms with Crippen LogP contribution in [0, 0.1) is 19.7 Å². The molecule has 0 bridgehead atoms. The molecule has 136 valence electrons. The molecule has 0 saturated heterocycles. The lowest BCUT2D eigenvalue weighted by Crippen LogP contribution is -2.40. The fourth-order valence-electron chi connectivity index (χ4n) is 3.17. The number of hydrogen-bond donors (Lipinski definition) is 2. The van der Waals surface area contributed by atoms with E-state index in [1.807, 2.05) is 26.0 Å². The number of nitrogens with one attached hydrogen (secondary N) is 2. The number of amides is 2. The zero-order valence-electron chi connectivity index (χ0n) is 14.8. The van der Waals surface area contributed by atoms with Gasteiger partial charge in [-0.2, -0.15) is 0 Å². The zero-order chi connectivity index (χ0) is 18.7. The van der Waals surface area contributed by atoms with Crippen molar-refractivity contribution in [1.29, 1.82) is 0 Å². The van der Waals surface area contributed by atoms with Crippen molar-refractivity contribution >= 4 is 11.8 Å². The van der Waals surface area contributed by atoms with Crippen LogP contribution in [0.3, 0.4) is 0 Å². The van der Waals surface area contributed by atoms with Crippen LogP contribution in [0.1, 0.15) is 39.5 Å². The zero-order valence-corrected chi connectivity index (χ0v) is 14.8. The van der Waals surface area contributed by atoms with E-state index >= 15 is 0 Å². The van der Waals surface area contributed by atoms with E-state index in [0.717, 1.165) is 22.4 Å². The molecule has 2 aromatic rings. The van der Waals surface area contributed by atoms with Gasteiger partial charge in [-0.15, -0.1) is 0 Å². The average Bonchev–Trinajstić information content (AvgIpc) is 2.61. The monoisotopic (exact) mass is 356 g/mol. The topological polar surface area (TPSA) is 67.4 Å². The largest absolute Gasteiger partial charge is 0.493 e. The van der Waals surface area contributed by atoms with Crippen molar-refractivity contribution in [2.45, 2.75) is 26.3 Å². The van der Waals surface area contributed by atoms with E-state index in [4.69, 9.17) is 4.74 Å². The quantitative estimate of drug-likeness (QED) is 0.885. The molecule has 1 unspecified atom stereocenters. The standard InChI is InChI=1S/C20H21FN2O3/c1-12-9-13(2)19-15(10-12)17(7-8-26-19)23-18(24)11-22-20(25)14-5-3-4-6-16(14)21/h3-6,9-10,17H,7-8,11H2,1-2H3,(H,22,25)(H,23,24).